The molecular formula is C54H37N3. The van der Waals surface area contributed by atoms with Crippen LogP contribution in [0.1, 0.15) is 0 Å². The molecule has 9 aromatic carbocycles. The van der Waals surface area contributed by atoms with Gasteiger partial charge in [-0.3, -0.25) is 0 Å². The Morgan fingerprint density at radius 1 is 0.246 bits per heavy atom. The lowest BCUT2D eigenvalue weighted by Crippen LogP contribution is -2.09. The predicted octanol–water partition coefficient (Wildman–Crippen LogP) is 14.7. The predicted molar refractivity (Wildman–Crippen MR) is 241 cm³/mol. The average Bonchev–Trinajstić information content (AvgIpc) is 3.81. The Hall–Kier alpha value is -7.62. The number of hydrogen-bond donors (Lipinski definition) is 0. The van der Waals surface area contributed by atoms with Crippen molar-refractivity contribution in [3.8, 4) is 33.6 Å². The van der Waals surface area contributed by atoms with Crippen LogP contribution >= 0.6 is 0 Å². The summed E-state index contributed by atoms with van der Waals surface area (Å²) in [6.07, 6.45) is 0. The minimum absolute atomic E-state index is 1.11. The van der Waals surface area contributed by atoms with E-state index in [1.54, 1.807) is 0 Å². The van der Waals surface area contributed by atoms with Crippen LogP contribution in [0.2, 0.25) is 0 Å². The first-order chi connectivity index (χ1) is 28.3. The van der Waals surface area contributed by atoms with Gasteiger partial charge in [0.1, 0.15) is 0 Å². The Balaban J connectivity index is 1.03. The van der Waals surface area contributed by atoms with Gasteiger partial charge in [0.05, 0.1) is 22.1 Å². The van der Waals surface area contributed by atoms with E-state index in [0.29, 0.717) is 0 Å². The van der Waals surface area contributed by atoms with Crippen molar-refractivity contribution in [2.45, 2.75) is 0 Å². The number of fused-ring (bicyclic) bond motifs is 7. The lowest BCUT2D eigenvalue weighted by Gasteiger charge is -2.25. The van der Waals surface area contributed by atoms with Crippen LogP contribution < -0.4 is 4.90 Å². The van der Waals surface area contributed by atoms with Crippen LogP contribution in [0, 0.1) is 0 Å². The third kappa shape index (κ3) is 5.51. The second-order valence-electron chi connectivity index (χ2n) is 14.6. The Morgan fingerprint density at radius 3 is 1.04 bits per heavy atom. The summed E-state index contributed by atoms with van der Waals surface area (Å²) in [5.41, 5.74) is 15.3. The molecule has 57 heavy (non-hydrogen) atoms. The van der Waals surface area contributed by atoms with Crippen molar-refractivity contribution >= 4 is 60.7 Å². The molecule has 0 N–H and O–H groups in total. The minimum atomic E-state index is 1.11. The number of aromatic nitrogens is 2. The van der Waals surface area contributed by atoms with E-state index in [-0.39, 0.29) is 0 Å². The summed E-state index contributed by atoms with van der Waals surface area (Å²) in [6.45, 7) is 0. The average molecular weight is 728 g/mol. The molecule has 0 atom stereocenters. The van der Waals surface area contributed by atoms with Gasteiger partial charge in [0.25, 0.3) is 0 Å². The molecule has 3 nitrogen and oxygen atoms in total. The van der Waals surface area contributed by atoms with E-state index in [4.69, 9.17) is 0 Å². The normalized spacial score (nSPS) is 11.5. The monoisotopic (exact) mass is 727 g/mol. The largest absolute Gasteiger partial charge is 0.311 e. The molecule has 0 spiro atoms. The molecule has 268 valence electrons. The standard InChI is InChI=1S/C54H37N3/c1-4-14-38(15-5-1)39-24-26-40(27-25-39)41-28-30-45(31-29-41)56-49-22-12-10-20-47(49)53-51(56)36-37-52-54(53)48-21-11-13-23-50(48)57(52)46-34-32-44(33-35-46)55(42-16-6-2-7-17-42)43-18-8-3-9-19-43/h1-37H. The molecule has 0 amide bonds. The number of para-hydroxylation sites is 4. The van der Waals surface area contributed by atoms with E-state index in [1.807, 2.05) is 0 Å². The van der Waals surface area contributed by atoms with Crippen LogP contribution in [-0.4, -0.2) is 9.13 Å². The molecule has 3 heteroatoms. The van der Waals surface area contributed by atoms with Gasteiger partial charge < -0.3 is 14.0 Å². The molecule has 11 rings (SSSR count). The molecule has 0 aliphatic rings. The van der Waals surface area contributed by atoms with Gasteiger partial charge in [-0.15, -0.1) is 0 Å². The van der Waals surface area contributed by atoms with Crippen LogP contribution in [0.4, 0.5) is 17.1 Å². The highest BCUT2D eigenvalue weighted by atomic mass is 15.1. The van der Waals surface area contributed by atoms with Crippen molar-refractivity contribution < 1.29 is 0 Å². The first-order valence-electron chi connectivity index (χ1n) is 19.5. The second kappa shape index (κ2) is 13.6. The van der Waals surface area contributed by atoms with E-state index < -0.39 is 0 Å². The summed E-state index contributed by atoms with van der Waals surface area (Å²) in [7, 11) is 0. The smallest absolute Gasteiger partial charge is 0.0548 e. The van der Waals surface area contributed by atoms with Gasteiger partial charge in [0.15, 0.2) is 0 Å². The molecule has 0 unspecified atom stereocenters. The first kappa shape index (κ1) is 32.8. The van der Waals surface area contributed by atoms with Crippen LogP contribution in [0.3, 0.4) is 0 Å². The molecule has 0 fully saturated rings. The Bertz CT molecular complexity index is 3140. The van der Waals surface area contributed by atoms with Gasteiger partial charge in [-0.2, -0.15) is 0 Å². The zero-order chi connectivity index (χ0) is 37.7. The van der Waals surface area contributed by atoms with Crippen molar-refractivity contribution in [3.05, 3.63) is 224 Å². The highest BCUT2D eigenvalue weighted by Gasteiger charge is 2.21. The molecule has 0 aliphatic carbocycles. The summed E-state index contributed by atoms with van der Waals surface area (Å²) in [5, 5.41) is 5.04. The fourth-order valence-electron chi connectivity index (χ4n) is 8.72. The molecule has 2 aromatic heterocycles. The van der Waals surface area contributed by atoms with Crippen LogP contribution in [0.25, 0.3) is 77.2 Å². The number of rotatable bonds is 7. The summed E-state index contributed by atoms with van der Waals surface area (Å²) >= 11 is 0. The number of benzene rings is 9. The lowest BCUT2D eigenvalue weighted by molar-refractivity contribution is 1.17. The number of nitrogens with zero attached hydrogens (tertiary/aromatic N) is 3. The molecular weight excluding hydrogens is 691 g/mol. The van der Waals surface area contributed by atoms with E-state index in [2.05, 4.69) is 238 Å². The fourth-order valence-corrected chi connectivity index (χ4v) is 8.72. The van der Waals surface area contributed by atoms with Crippen molar-refractivity contribution in [1.82, 2.24) is 9.13 Å². The van der Waals surface area contributed by atoms with Crippen molar-refractivity contribution in [2.24, 2.45) is 0 Å². The SMILES string of the molecule is c1ccc(-c2ccc(-c3ccc(-n4c5ccccc5c5c6c7ccccc7n(-c7ccc(N(c8ccccc8)c8ccccc8)cc7)c6ccc54)cc3)cc2)cc1. The van der Waals surface area contributed by atoms with Crippen molar-refractivity contribution in [3.63, 3.8) is 0 Å². The van der Waals surface area contributed by atoms with Gasteiger partial charge in [-0.1, -0.05) is 140 Å². The van der Waals surface area contributed by atoms with Crippen LogP contribution in [0.15, 0.2) is 224 Å². The van der Waals surface area contributed by atoms with Gasteiger partial charge >= 0.3 is 0 Å². The second-order valence-corrected chi connectivity index (χ2v) is 14.6. The first-order valence-corrected chi connectivity index (χ1v) is 19.5. The van der Waals surface area contributed by atoms with E-state index in [0.717, 1.165) is 28.4 Å². The van der Waals surface area contributed by atoms with Crippen LogP contribution in [0.5, 0.6) is 0 Å². The van der Waals surface area contributed by atoms with Crippen molar-refractivity contribution in [1.29, 1.82) is 0 Å². The maximum atomic E-state index is 2.43. The minimum Gasteiger partial charge on any atom is -0.311 e. The van der Waals surface area contributed by atoms with E-state index in [1.165, 1.54) is 65.9 Å². The topological polar surface area (TPSA) is 13.1 Å². The zero-order valence-electron chi connectivity index (χ0n) is 31.2. The zero-order valence-corrected chi connectivity index (χ0v) is 31.2. The van der Waals surface area contributed by atoms with E-state index >= 15 is 0 Å². The summed E-state index contributed by atoms with van der Waals surface area (Å²) in [4.78, 5) is 2.31. The summed E-state index contributed by atoms with van der Waals surface area (Å²) in [6, 6.07) is 80.9. The third-order valence-corrected chi connectivity index (χ3v) is 11.3. The maximum absolute atomic E-state index is 2.43. The maximum Gasteiger partial charge on any atom is 0.0548 e. The third-order valence-electron chi connectivity index (χ3n) is 11.3. The van der Waals surface area contributed by atoms with Gasteiger partial charge in [0.2, 0.25) is 0 Å². The van der Waals surface area contributed by atoms with Gasteiger partial charge in [-0.05, 0) is 107 Å². The number of anilines is 3. The molecule has 0 bridgehead atoms. The fraction of sp³-hybridized carbons (Fsp3) is 0. The Labute approximate surface area is 331 Å². The highest BCUT2D eigenvalue weighted by Crippen LogP contribution is 2.43. The summed E-state index contributed by atoms with van der Waals surface area (Å²) in [5.74, 6) is 0. The van der Waals surface area contributed by atoms with Gasteiger partial charge in [0, 0.05) is 50.0 Å². The lowest BCUT2D eigenvalue weighted by atomic mass is 10.0. The van der Waals surface area contributed by atoms with Gasteiger partial charge in [-0.25, -0.2) is 0 Å². The Morgan fingerprint density at radius 2 is 0.579 bits per heavy atom. The Kier molecular flexibility index (Phi) is 7.82. The molecule has 2 heterocycles. The molecule has 0 aliphatic heterocycles. The molecule has 0 saturated carbocycles. The highest BCUT2D eigenvalue weighted by molar-refractivity contribution is 6.28. The molecule has 0 radical (unpaired) electrons. The van der Waals surface area contributed by atoms with E-state index in [9.17, 15) is 0 Å². The van der Waals surface area contributed by atoms with Crippen LogP contribution in [-0.2, 0) is 0 Å². The van der Waals surface area contributed by atoms with Crippen molar-refractivity contribution in [2.75, 3.05) is 4.90 Å². The molecule has 11 aromatic rings. The molecule has 0 saturated heterocycles. The summed E-state index contributed by atoms with van der Waals surface area (Å²) < 4.78 is 4.85. The number of hydrogen-bond acceptors (Lipinski definition) is 1. The quantitative estimate of drug-likeness (QED) is 0.159.